The molecular formula is C7H16NO4. The fourth-order valence-electron chi connectivity index (χ4n) is 0.833. The minimum Gasteiger partial charge on any atom is -0.395 e. The summed E-state index contributed by atoms with van der Waals surface area (Å²) >= 11 is 0. The van der Waals surface area contributed by atoms with E-state index in [1.165, 1.54) is 4.90 Å². The molecule has 0 saturated carbocycles. The van der Waals surface area contributed by atoms with Crippen LogP contribution >= 0.6 is 0 Å². The molecule has 0 aromatic heterocycles. The van der Waals surface area contributed by atoms with Crippen LogP contribution in [0, 0.1) is 7.05 Å². The summed E-state index contributed by atoms with van der Waals surface area (Å²) < 4.78 is 0. The van der Waals surface area contributed by atoms with Crippen LogP contribution in [0.15, 0.2) is 0 Å². The summed E-state index contributed by atoms with van der Waals surface area (Å²) in [6, 6.07) is -1.07. The van der Waals surface area contributed by atoms with E-state index in [1.807, 2.05) is 0 Å². The van der Waals surface area contributed by atoms with E-state index >= 15 is 0 Å². The summed E-state index contributed by atoms with van der Waals surface area (Å²) in [6.07, 6.45) is 0. The van der Waals surface area contributed by atoms with Crippen LogP contribution in [0.4, 0.5) is 0 Å². The van der Waals surface area contributed by atoms with Gasteiger partial charge in [0.2, 0.25) is 0 Å². The van der Waals surface area contributed by atoms with Crippen molar-refractivity contribution in [1.29, 1.82) is 0 Å². The number of rotatable bonds is 6. The lowest BCUT2D eigenvalue weighted by molar-refractivity contribution is 0.0310. The van der Waals surface area contributed by atoms with E-state index in [4.69, 9.17) is 20.4 Å². The van der Waals surface area contributed by atoms with Crippen LogP contribution in [0.5, 0.6) is 0 Å². The first-order valence-electron chi connectivity index (χ1n) is 3.73. The van der Waals surface area contributed by atoms with Crippen molar-refractivity contribution < 1.29 is 20.4 Å². The minimum absolute atomic E-state index is 0.253. The van der Waals surface area contributed by atoms with Gasteiger partial charge in [0.1, 0.15) is 0 Å². The molecule has 0 saturated heterocycles. The third-order valence-corrected chi connectivity index (χ3v) is 1.78. The van der Waals surface area contributed by atoms with Crippen molar-refractivity contribution in [3.8, 4) is 0 Å². The zero-order chi connectivity index (χ0) is 9.56. The Kier molecular flexibility index (Phi) is 6.23. The fraction of sp³-hybridized carbons (Fsp3) is 0.857. The Balaban J connectivity index is 4.02. The predicted octanol–water partition coefficient (Wildman–Crippen LogP) is -2.21. The van der Waals surface area contributed by atoms with Crippen molar-refractivity contribution in [2.24, 2.45) is 0 Å². The Bertz CT molecular complexity index is 91.6. The molecule has 0 aromatic carbocycles. The molecule has 0 atom stereocenters. The zero-order valence-corrected chi connectivity index (χ0v) is 6.93. The van der Waals surface area contributed by atoms with Gasteiger partial charge in [-0.2, -0.15) is 0 Å². The molecule has 5 nitrogen and oxygen atoms in total. The van der Waals surface area contributed by atoms with Gasteiger partial charge in [-0.3, -0.25) is 4.90 Å². The Morgan fingerprint density at radius 3 is 1.25 bits per heavy atom. The number of aliphatic hydroxyl groups excluding tert-OH is 4. The molecule has 73 valence electrons. The van der Waals surface area contributed by atoms with Crippen molar-refractivity contribution in [3.05, 3.63) is 7.05 Å². The van der Waals surface area contributed by atoms with Gasteiger partial charge >= 0.3 is 0 Å². The average molecular weight is 178 g/mol. The predicted molar refractivity (Wildman–Crippen MR) is 43.1 cm³/mol. The van der Waals surface area contributed by atoms with Crippen LogP contribution in [0.2, 0.25) is 0 Å². The molecule has 0 amide bonds. The van der Waals surface area contributed by atoms with Crippen LogP contribution in [0.1, 0.15) is 0 Å². The van der Waals surface area contributed by atoms with Gasteiger partial charge < -0.3 is 20.4 Å². The van der Waals surface area contributed by atoms with Crippen LogP contribution in [0.3, 0.4) is 0 Å². The fourth-order valence-corrected chi connectivity index (χ4v) is 0.833. The summed E-state index contributed by atoms with van der Waals surface area (Å²) in [4.78, 5) is 1.31. The maximum Gasteiger partial charge on any atom is 0.0609 e. The average Bonchev–Trinajstić information content (AvgIpc) is 2.09. The summed E-state index contributed by atoms with van der Waals surface area (Å²) in [7, 11) is 3.52. The highest BCUT2D eigenvalue weighted by molar-refractivity contribution is 4.76. The highest BCUT2D eigenvalue weighted by atomic mass is 16.3. The van der Waals surface area contributed by atoms with E-state index < -0.39 is 12.1 Å². The second kappa shape index (κ2) is 6.33. The standard InChI is InChI=1S/C7H16NO4/c1-8(6(2-9)3-10)7(4-11)5-12/h6-7,9-12H,1-5H2. The van der Waals surface area contributed by atoms with E-state index in [9.17, 15) is 0 Å². The number of hydrogen-bond donors (Lipinski definition) is 4. The Morgan fingerprint density at radius 1 is 0.833 bits per heavy atom. The maximum atomic E-state index is 8.73. The van der Waals surface area contributed by atoms with Crippen LogP contribution < -0.4 is 0 Å². The molecule has 1 radical (unpaired) electrons. The molecule has 0 fully saturated rings. The smallest absolute Gasteiger partial charge is 0.0609 e. The lowest BCUT2D eigenvalue weighted by atomic mass is 10.2. The quantitative estimate of drug-likeness (QED) is 0.370. The van der Waals surface area contributed by atoms with Crippen LogP contribution in [-0.4, -0.2) is 63.8 Å². The van der Waals surface area contributed by atoms with Gasteiger partial charge in [0.05, 0.1) is 38.5 Å². The molecule has 0 spiro atoms. The largest absolute Gasteiger partial charge is 0.395 e. The van der Waals surface area contributed by atoms with E-state index in [-0.39, 0.29) is 26.4 Å². The van der Waals surface area contributed by atoms with E-state index in [2.05, 4.69) is 7.05 Å². The summed E-state index contributed by atoms with van der Waals surface area (Å²) in [5.74, 6) is 0. The summed E-state index contributed by atoms with van der Waals surface area (Å²) in [5.41, 5.74) is 0. The van der Waals surface area contributed by atoms with E-state index in [0.717, 1.165) is 0 Å². The highest BCUT2D eigenvalue weighted by Gasteiger charge is 2.20. The molecule has 5 heteroatoms. The third-order valence-electron chi connectivity index (χ3n) is 1.78. The first-order valence-corrected chi connectivity index (χ1v) is 3.73. The Labute approximate surface area is 71.9 Å². The molecule has 0 rings (SSSR count). The molecule has 0 unspecified atom stereocenters. The first-order chi connectivity index (χ1) is 5.71. The molecule has 12 heavy (non-hydrogen) atoms. The Morgan fingerprint density at radius 2 is 1.08 bits per heavy atom. The molecular weight excluding hydrogens is 162 g/mol. The minimum atomic E-state index is -0.533. The number of aliphatic hydroxyl groups is 4. The third kappa shape index (κ3) is 3.04. The lowest BCUT2D eigenvalue weighted by Gasteiger charge is -2.30. The van der Waals surface area contributed by atoms with E-state index in [0.29, 0.717) is 0 Å². The van der Waals surface area contributed by atoms with Crippen molar-refractivity contribution in [1.82, 2.24) is 4.90 Å². The SMILES string of the molecule is [CH2]N(C(CO)CO)C(CO)CO. The van der Waals surface area contributed by atoms with Gasteiger partial charge in [-0.25, -0.2) is 0 Å². The van der Waals surface area contributed by atoms with Crippen LogP contribution in [0.25, 0.3) is 0 Å². The summed E-state index contributed by atoms with van der Waals surface area (Å²) in [5, 5.41) is 34.9. The van der Waals surface area contributed by atoms with Crippen molar-refractivity contribution in [2.75, 3.05) is 26.4 Å². The molecule has 0 aliphatic heterocycles. The normalized spacial score (nSPS) is 12.0. The first kappa shape index (κ1) is 11.8. The van der Waals surface area contributed by atoms with E-state index in [1.54, 1.807) is 0 Å². The van der Waals surface area contributed by atoms with Gasteiger partial charge in [-0.1, -0.05) is 0 Å². The number of nitrogens with zero attached hydrogens (tertiary/aromatic N) is 1. The van der Waals surface area contributed by atoms with Crippen LogP contribution in [-0.2, 0) is 0 Å². The highest BCUT2D eigenvalue weighted by Crippen LogP contribution is 2.02. The molecule has 4 N–H and O–H groups in total. The number of hydrogen-bond acceptors (Lipinski definition) is 5. The van der Waals surface area contributed by atoms with Gasteiger partial charge in [-0.05, 0) is 0 Å². The molecule has 0 heterocycles. The lowest BCUT2D eigenvalue weighted by Crippen LogP contribution is -2.46. The topological polar surface area (TPSA) is 84.2 Å². The zero-order valence-electron chi connectivity index (χ0n) is 6.93. The van der Waals surface area contributed by atoms with Gasteiger partial charge in [0.15, 0.2) is 0 Å². The van der Waals surface area contributed by atoms with Crippen molar-refractivity contribution in [3.63, 3.8) is 0 Å². The second-order valence-electron chi connectivity index (χ2n) is 2.55. The van der Waals surface area contributed by atoms with Gasteiger partial charge in [0.25, 0.3) is 0 Å². The molecule has 0 aliphatic carbocycles. The maximum absolute atomic E-state index is 8.73. The summed E-state index contributed by atoms with van der Waals surface area (Å²) in [6.45, 7) is -1.01. The van der Waals surface area contributed by atoms with Crippen molar-refractivity contribution in [2.45, 2.75) is 12.1 Å². The van der Waals surface area contributed by atoms with Gasteiger partial charge in [0, 0.05) is 7.05 Å². The van der Waals surface area contributed by atoms with Gasteiger partial charge in [-0.15, -0.1) is 0 Å². The second-order valence-corrected chi connectivity index (χ2v) is 2.55. The molecule has 0 bridgehead atoms. The van der Waals surface area contributed by atoms with Crippen molar-refractivity contribution >= 4 is 0 Å². The monoisotopic (exact) mass is 178 g/mol. The molecule has 0 aliphatic rings. The molecule has 0 aromatic rings. The Hall–Kier alpha value is -0.200.